The SMILES string of the molecule is CCOc1ccc([C@@H](C)[NH2+][C@H](C)C(N)=O)cc1OCC. The van der Waals surface area contributed by atoms with E-state index in [1.165, 1.54) is 0 Å². The van der Waals surface area contributed by atoms with Crippen LogP contribution in [0.4, 0.5) is 0 Å². The third-order valence-corrected chi connectivity index (χ3v) is 3.12. The first kappa shape index (κ1) is 16.3. The lowest BCUT2D eigenvalue weighted by Gasteiger charge is -2.17. The molecule has 0 aliphatic heterocycles. The molecule has 1 rings (SSSR count). The van der Waals surface area contributed by atoms with Gasteiger partial charge in [-0.25, -0.2) is 0 Å². The number of amides is 1. The Labute approximate surface area is 120 Å². The third-order valence-electron chi connectivity index (χ3n) is 3.12. The number of benzene rings is 1. The van der Waals surface area contributed by atoms with Crippen LogP contribution in [0, 0.1) is 0 Å². The summed E-state index contributed by atoms with van der Waals surface area (Å²) in [6.07, 6.45) is 0. The molecule has 1 aromatic rings. The van der Waals surface area contributed by atoms with Crippen molar-refractivity contribution in [2.45, 2.75) is 39.8 Å². The lowest BCUT2D eigenvalue weighted by atomic mass is 10.1. The highest BCUT2D eigenvalue weighted by molar-refractivity contribution is 5.77. The average Bonchev–Trinajstić information content (AvgIpc) is 2.41. The second kappa shape index (κ2) is 7.75. The maximum Gasteiger partial charge on any atom is 0.275 e. The van der Waals surface area contributed by atoms with Gasteiger partial charge in [0.15, 0.2) is 17.5 Å². The maximum absolute atomic E-state index is 11.1. The molecule has 0 aliphatic carbocycles. The summed E-state index contributed by atoms with van der Waals surface area (Å²) in [5.41, 5.74) is 6.36. The molecular formula is C15H25N2O3+. The second-order valence-electron chi connectivity index (χ2n) is 4.74. The van der Waals surface area contributed by atoms with Gasteiger partial charge in [0.25, 0.3) is 5.91 Å². The van der Waals surface area contributed by atoms with E-state index in [9.17, 15) is 4.79 Å². The zero-order valence-corrected chi connectivity index (χ0v) is 12.7. The number of nitrogens with two attached hydrogens (primary N) is 2. The van der Waals surface area contributed by atoms with Crippen molar-refractivity contribution in [1.82, 2.24) is 0 Å². The Balaban J connectivity index is 2.89. The largest absolute Gasteiger partial charge is 0.490 e. The van der Waals surface area contributed by atoms with Gasteiger partial charge in [-0.3, -0.25) is 4.79 Å². The van der Waals surface area contributed by atoms with Gasteiger partial charge in [0.1, 0.15) is 6.04 Å². The summed E-state index contributed by atoms with van der Waals surface area (Å²) < 4.78 is 11.1. The Morgan fingerprint density at radius 3 is 2.35 bits per heavy atom. The van der Waals surface area contributed by atoms with Crippen LogP contribution >= 0.6 is 0 Å². The van der Waals surface area contributed by atoms with Crippen molar-refractivity contribution in [2.24, 2.45) is 5.73 Å². The van der Waals surface area contributed by atoms with Gasteiger partial charge in [-0.05, 0) is 45.9 Å². The Kier molecular flexibility index (Phi) is 6.31. The number of hydrogen-bond acceptors (Lipinski definition) is 3. The monoisotopic (exact) mass is 281 g/mol. The van der Waals surface area contributed by atoms with E-state index in [-0.39, 0.29) is 18.0 Å². The lowest BCUT2D eigenvalue weighted by Crippen LogP contribution is -2.92. The smallest absolute Gasteiger partial charge is 0.275 e. The van der Waals surface area contributed by atoms with Crippen LogP contribution in [0.1, 0.15) is 39.3 Å². The first-order valence-corrected chi connectivity index (χ1v) is 7.03. The van der Waals surface area contributed by atoms with Crippen LogP contribution in [0.3, 0.4) is 0 Å². The maximum atomic E-state index is 11.1. The predicted octanol–water partition coefficient (Wildman–Crippen LogP) is 0.982. The second-order valence-corrected chi connectivity index (χ2v) is 4.74. The minimum Gasteiger partial charge on any atom is -0.490 e. The minimum absolute atomic E-state index is 0.118. The fraction of sp³-hybridized carbons (Fsp3) is 0.533. The standard InChI is InChI=1S/C15H24N2O3/c1-5-19-13-8-7-12(9-14(13)20-6-2)10(3)17-11(4)15(16)18/h7-11,17H,5-6H2,1-4H3,(H2,16,18)/p+1/t10-,11-/m1/s1. The molecule has 4 N–H and O–H groups in total. The molecule has 0 bridgehead atoms. The van der Waals surface area contributed by atoms with E-state index < -0.39 is 0 Å². The van der Waals surface area contributed by atoms with Gasteiger partial charge < -0.3 is 20.5 Å². The van der Waals surface area contributed by atoms with Gasteiger partial charge in [-0.1, -0.05) is 0 Å². The Morgan fingerprint density at radius 1 is 1.20 bits per heavy atom. The van der Waals surface area contributed by atoms with Crippen molar-refractivity contribution >= 4 is 5.91 Å². The van der Waals surface area contributed by atoms with Crippen LogP contribution in [0.5, 0.6) is 11.5 Å². The summed E-state index contributed by atoms with van der Waals surface area (Å²) in [4.78, 5) is 11.1. The molecule has 0 fully saturated rings. The summed E-state index contributed by atoms with van der Waals surface area (Å²) in [6, 6.07) is 5.72. The van der Waals surface area contributed by atoms with Gasteiger partial charge in [0, 0.05) is 5.56 Å². The van der Waals surface area contributed by atoms with Gasteiger partial charge >= 0.3 is 0 Å². The fourth-order valence-electron chi connectivity index (χ4n) is 1.99. The molecule has 5 nitrogen and oxygen atoms in total. The number of primary amides is 1. The van der Waals surface area contributed by atoms with Crippen LogP contribution in [0.25, 0.3) is 0 Å². The van der Waals surface area contributed by atoms with Crippen molar-refractivity contribution in [1.29, 1.82) is 0 Å². The number of rotatable bonds is 8. The molecule has 0 unspecified atom stereocenters. The van der Waals surface area contributed by atoms with Gasteiger partial charge in [0.2, 0.25) is 0 Å². The highest BCUT2D eigenvalue weighted by atomic mass is 16.5. The quantitative estimate of drug-likeness (QED) is 0.745. The van der Waals surface area contributed by atoms with E-state index in [1.807, 2.05) is 44.3 Å². The summed E-state index contributed by atoms with van der Waals surface area (Å²) in [5.74, 6) is 1.17. The molecule has 112 valence electrons. The molecule has 1 aromatic carbocycles. The van der Waals surface area contributed by atoms with Crippen molar-refractivity contribution in [3.8, 4) is 11.5 Å². The van der Waals surface area contributed by atoms with Gasteiger partial charge in [-0.2, -0.15) is 0 Å². The fourth-order valence-corrected chi connectivity index (χ4v) is 1.99. The number of ether oxygens (including phenoxy) is 2. The molecule has 1 amide bonds. The summed E-state index contributed by atoms with van der Waals surface area (Å²) in [7, 11) is 0. The predicted molar refractivity (Wildman–Crippen MR) is 77.8 cm³/mol. The van der Waals surface area contributed by atoms with E-state index in [0.717, 1.165) is 17.1 Å². The van der Waals surface area contributed by atoms with Crippen molar-refractivity contribution in [3.05, 3.63) is 23.8 Å². The molecular weight excluding hydrogens is 256 g/mol. The molecule has 0 spiro atoms. The average molecular weight is 281 g/mol. The highest BCUT2D eigenvalue weighted by Crippen LogP contribution is 2.29. The van der Waals surface area contributed by atoms with E-state index >= 15 is 0 Å². The van der Waals surface area contributed by atoms with Gasteiger partial charge in [-0.15, -0.1) is 0 Å². The lowest BCUT2D eigenvalue weighted by molar-refractivity contribution is -0.710. The third kappa shape index (κ3) is 4.42. The summed E-state index contributed by atoms with van der Waals surface area (Å²) in [5, 5.41) is 1.94. The number of carbonyl (C=O) groups excluding carboxylic acids is 1. The summed E-state index contributed by atoms with van der Waals surface area (Å²) in [6.45, 7) is 8.89. The highest BCUT2D eigenvalue weighted by Gasteiger charge is 2.19. The van der Waals surface area contributed by atoms with Crippen molar-refractivity contribution in [2.75, 3.05) is 13.2 Å². The summed E-state index contributed by atoms with van der Waals surface area (Å²) >= 11 is 0. The molecule has 0 saturated heterocycles. The molecule has 2 atom stereocenters. The van der Waals surface area contributed by atoms with Crippen LogP contribution in [-0.4, -0.2) is 25.2 Å². The Bertz CT molecular complexity index is 449. The molecule has 0 heterocycles. The number of hydrogen-bond donors (Lipinski definition) is 2. The van der Waals surface area contributed by atoms with Crippen LogP contribution in [0.2, 0.25) is 0 Å². The van der Waals surface area contributed by atoms with Crippen molar-refractivity contribution < 1.29 is 19.6 Å². The molecule has 5 heteroatoms. The molecule has 0 aromatic heterocycles. The molecule has 20 heavy (non-hydrogen) atoms. The number of quaternary nitrogens is 1. The van der Waals surface area contributed by atoms with Crippen LogP contribution in [-0.2, 0) is 4.79 Å². The van der Waals surface area contributed by atoms with E-state index in [0.29, 0.717) is 13.2 Å². The van der Waals surface area contributed by atoms with E-state index in [1.54, 1.807) is 6.92 Å². The zero-order chi connectivity index (χ0) is 15.1. The van der Waals surface area contributed by atoms with Crippen LogP contribution in [0.15, 0.2) is 18.2 Å². The molecule has 0 radical (unpaired) electrons. The Hall–Kier alpha value is -1.75. The molecule has 0 saturated carbocycles. The normalized spacial score (nSPS) is 13.6. The first-order chi connectivity index (χ1) is 9.49. The van der Waals surface area contributed by atoms with Crippen molar-refractivity contribution in [3.63, 3.8) is 0 Å². The van der Waals surface area contributed by atoms with E-state index in [4.69, 9.17) is 15.2 Å². The van der Waals surface area contributed by atoms with Crippen LogP contribution < -0.4 is 20.5 Å². The van der Waals surface area contributed by atoms with Gasteiger partial charge in [0.05, 0.1) is 13.2 Å². The first-order valence-electron chi connectivity index (χ1n) is 7.03. The Morgan fingerprint density at radius 2 is 1.80 bits per heavy atom. The molecule has 0 aliphatic rings. The minimum atomic E-state index is -0.312. The topological polar surface area (TPSA) is 78.2 Å². The number of carbonyl (C=O) groups is 1. The van der Waals surface area contributed by atoms with E-state index in [2.05, 4.69) is 0 Å². The zero-order valence-electron chi connectivity index (χ0n) is 12.7.